The van der Waals surface area contributed by atoms with Gasteiger partial charge in [0.25, 0.3) is 5.56 Å². The number of methoxy groups -OCH3 is 1. The summed E-state index contributed by atoms with van der Waals surface area (Å²) in [5.41, 5.74) is -5.27. The minimum atomic E-state index is -4.83. The molecule has 1 fully saturated rings. The van der Waals surface area contributed by atoms with Crippen molar-refractivity contribution in [3.05, 3.63) is 32.6 Å². The fourth-order valence-electron chi connectivity index (χ4n) is 3.06. The van der Waals surface area contributed by atoms with Crippen molar-refractivity contribution in [1.29, 1.82) is 0 Å². The molecule has 10 nitrogen and oxygen atoms in total. The van der Waals surface area contributed by atoms with E-state index in [4.69, 9.17) is 18.5 Å². The first-order chi connectivity index (χ1) is 13.5. The van der Waals surface area contributed by atoms with E-state index in [1.54, 1.807) is 0 Å². The fraction of sp³-hybridized carbons (Fsp3) is 0.750. The Morgan fingerprint density at radius 1 is 1.31 bits per heavy atom. The summed E-state index contributed by atoms with van der Waals surface area (Å²) in [6, 6.07) is 0. The van der Waals surface area contributed by atoms with E-state index in [1.165, 1.54) is 34.1 Å². The van der Waals surface area contributed by atoms with E-state index in [0.717, 1.165) is 4.57 Å². The lowest BCUT2D eigenvalue weighted by atomic mass is 10.1. The van der Waals surface area contributed by atoms with Crippen LogP contribution in [0.1, 0.15) is 32.1 Å². The third kappa shape index (κ3) is 4.68. The maximum Gasteiger partial charge on any atom is 0.399 e. The van der Waals surface area contributed by atoms with Crippen molar-refractivity contribution in [3.8, 4) is 0 Å². The zero-order valence-corrected chi connectivity index (χ0v) is 17.4. The number of hydrogen-bond acceptors (Lipinski definition) is 8. The second-order valence-corrected chi connectivity index (χ2v) is 8.60. The molecule has 0 radical (unpaired) electrons. The summed E-state index contributed by atoms with van der Waals surface area (Å²) in [7, 11) is -3.62. The average molecular weight is 442 g/mol. The van der Waals surface area contributed by atoms with E-state index in [1.807, 2.05) is 0 Å². The van der Waals surface area contributed by atoms with Gasteiger partial charge in [0.05, 0.1) is 25.7 Å². The molecule has 0 aromatic carbocycles. The van der Waals surface area contributed by atoms with Crippen LogP contribution in [-0.2, 0) is 23.1 Å². The number of halogens is 2. The van der Waals surface area contributed by atoms with Gasteiger partial charge in [-0.1, -0.05) is 0 Å². The molecule has 2 rings (SSSR count). The lowest BCUT2D eigenvalue weighted by Gasteiger charge is -2.28. The summed E-state index contributed by atoms with van der Waals surface area (Å²) < 4.78 is 63.0. The van der Waals surface area contributed by atoms with Gasteiger partial charge in [-0.05, 0) is 20.8 Å². The van der Waals surface area contributed by atoms with Crippen molar-refractivity contribution in [2.75, 3.05) is 20.3 Å². The molecule has 2 N–H and O–H groups in total. The second kappa shape index (κ2) is 9.15. The Balaban J connectivity index is 2.34. The number of H-pyrrole nitrogens is 1. The Morgan fingerprint density at radius 3 is 2.41 bits per heavy atom. The van der Waals surface area contributed by atoms with Crippen molar-refractivity contribution in [1.82, 2.24) is 9.55 Å². The van der Waals surface area contributed by atoms with Crippen LogP contribution in [0.2, 0.25) is 0 Å². The third-order valence-electron chi connectivity index (χ3n) is 4.45. The highest BCUT2D eigenvalue weighted by molar-refractivity contribution is 7.55. The Bertz CT molecular complexity index is 863. The molecular formula is C16H25F2N2O8P. The molecule has 0 unspecified atom stereocenters. The molecule has 1 aliphatic heterocycles. The number of aliphatic hydroxyl groups is 1. The first-order valence-corrected chi connectivity index (χ1v) is 10.5. The van der Waals surface area contributed by atoms with Crippen molar-refractivity contribution in [2.45, 2.75) is 57.4 Å². The summed E-state index contributed by atoms with van der Waals surface area (Å²) in [6.45, 7) is 3.69. The van der Waals surface area contributed by atoms with E-state index in [0.29, 0.717) is 0 Å². The van der Waals surface area contributed by atoms with Crippen LogP contribution in [0.15, 0.2) is 15.8 Å². The van der Waals surface area contributed by atoms with Crippen LogP contribution in [0.3, 0.4) is 0 Å². The molecule has 29 heavy (non-hydrogen) atoms. The number of hydrogen-bond donors (Lipinski definition) is 2. The van der Waals surface area contributed by atoms with Gasteiger partial charge in [0.1, 0.15) is 12.2 Å². The standard InChI is InChI=1S/C16H25F2N2O8P/c1-5-26-29(24,27-6-2)16(17,18)7-10-11(21)12(25-4)14(28-10)20-8-9(3)13(22)19-15(20)23/h8,10-12,14,21H,5-7H2,1-4H3,(H,19,22,23)/t10-,11-,12-,14-/m1/s1. The highest BCUT2D eigenvalue weighted by Gasteiger charge is 2.58. The molecule has 1 aromatic rings. The Kier molecular flexibility index (Phi) is 7.52. The first kappa shape index (κ1) is 23.8. The second-order valence-electron chi connectivity index (χ2n) is 6.44. The minimum Gasteiger partial charge on any atom is -0.388 e. The van der Waals surface area contributed by atoms with E-state index in [2.05, 4.69) is 4.98 Å². The Morgan fingerprint density at radius 2 is 1.90 bits per heavy atom. The molecule has 166 valence electrons. The molecule has 0 spiro atoms. The third-order valence-corrected chi connectivity index (χ3v) is 6.63. The van der Waals surface area contributed by atoms with Crippen LogP contribution in [0.4, 0.5) is 8.78 Å². The molecule has 0 amide bonds. The predicted octanol–water partition coefficient (Wildman–Crippen LogP) is 1.37. The van der Waals surface area contributed by atoms with Crippen molar-refractivity contribution >= 4 is 7.60 Å². The highest BCUT2D eigenvalue weighted by Crippen LogP contribution is 2.64. The molecule has 0 bridgehead atoms. The van der Waals surface area contributed by atoms with Crippen LogP contribution in [0.5, 0.6) is 0 Å². The normalized spacial score (nSPS) is 25.5. The van der Waals surface area contributed by atoms with E-state index in [9.17, 15) is 28.0 Å². The Hall–Kier alpha value is -1.43. The van der Waals surface area contributed by atoms with Crippen LogP contribution < -0.4 is 11.2 Å². The zero-order chi connectivity index (χ0) is 22.0. The molecule has 1 saturated heterocycles. The molecule has 0 aliphatic carbocycles. The monoisotopic (exact) mass is 442 g/mol. The lowest BCUT2D eigenvalue weighted by Crippen LogP contribution is -2.39. The summed E-state index contributed by atoms with van der Waals surface area (Å²) in [5, 5.41) is 10.4. The lowest BCUT2D eigenvalue weighted by molar-refractivity contribution is -0.0762. The van der Waals surface area contributed by atoms with Gasteiger partial charge in [0, 0.05) is 18.9 Å². The van der Waals surface area contributed by atoms with Gasteiger partial charge in [0.2, 0.25) is 0 Å². The molecular weight excluding hydrogens is 417 g/mol. The van der Waals surface area contributed by atoms with Crippen LogP contribution in [0.25, 0.3) is 0 Å². The highest BCUT2D eigenvalue weighted by atomic mass is 31.2. The maximum atomic E-state index is 14.8. The van der Waals surface area contributed by atoms with Crippen molar-refractivity contribution in [2.24, 2.45) is 0 Å². The number of aromatic nitrogens is 2. The topological polar surface area (TPSA) is 129 Å². The SMILES string of the molecule is CCOP(=O)(OCC)C(F)(F)C[C@H]1O[C@@H](n2cc(C)c(=O)[nH]c2=O)[C@H](OC)[C@@H]1O. The summed E-state index contributed by atoms with van der Waals surface area (Å²) >= 11 is 0. The number of rotatable bonds is 9. The van der Waals surface area contributed by atoms with Crippen molar-refractivity contribution in [3.63, 3.8) is 0 Å². The minimum absolute atomic E-state index is 0.170. The molecule has 2 heterocycles. The van der Waals surface area contributed by atoms with Crippen LogP contribution >= 0.6 is 7.60 Å². The number of aromatic amines is 1. The van der Waals surface area contributed by atoms with Gasteiger partial charge in [-0.2, -0.15) is 8.78 Å². The predicted molar refractivity (Wildman–Crippen MR) is 97.2 cm³/mol. The maximum absolute atomic E-state index is 14.8. The van der Waals surface area contributed by atoms with E-state index < -0.39 is 55.5 Å². The molecule has 0 saturated carbocycles. The molecule has 1 aliphatic rings. The fourth-order valence-corrected chi connectivity index (χ4v) is 4.60. The quantitative estimate of drug-likeness (QED) is 0.549. The summed E-state index contributed by atoms with van der Waals surface area (Å²) in [6.07, 6.45) is -5.63. The van der Waals surface area contributed by atoms with Crippen LogP contribution in [0, 0.1) is 6.92 Å². The number of nitrogens with zero attached hydrogens (tertiary/aromatic N) is 1. The number of ether oxygens (including phenoxy) is 2. The zero-order valence-electron chi connectivity index (χ0n) is 16.5. The van der Waals surface area contributed by atoms with Gasteiger partial charge in [-0.15, -0.1) is 0 Å². The average Bonchev–Trinajstić information content (AvgIpc) is 2.93. The van der Waals surface area contributed by atoms with E-state index in [-0.39, 0.29) is 18.8 Å². The van der Waals surface area contributed by atoms with Gasteiger partial charge >= 0.3 is 18.9 Å². The first-order valence-electron chi connectivity index (χ1n) is 8.96. The largest absolute Gasteiger partial charge is 0.399 e. The summed E-state index contributed by atoms with van der Waals surface area (Å²) in [4.78, 5) is 25.8. The number of alkyl halides is 2. The van der Waals surface area contributed by atoms with Gasteiger partial charge in [-0.25, -0.2) is 4.79 Å². The number of aryl methyl sites for hydroxylation is 1. The van der Waals surface area contributed by atoms with Gasteiger partial charge in [-0.3, -0.25) is 18.9 Å². The number of nitrogens with one attached hydrogen (secondary N) is 1. The molecule has 1 aromatic heterocycles. The van der Waals surface area contributed by atoms with E-state index >= 15 is 0 Å². The molecule has 13 heteroatoms. The van der Waals surface area contributed by atoms with Crippen LogP contribution in [-0.4, -0.2) is 59.0 Å². The molecule has 4 atom stereocenters. The number of aliphatic hydroxyl groups excluding tert-OH is 1. The Labute approximate surface area is 165 Å². The summed E-state index contributed by atoms with van der Waals surface area (Å²) in [5.74, 6) is 0. The smallest absolute Gasteiger partial charge is 0.388 e. The van der Waals surface area contributed by atoms with Gasteiger partial charge < -0.3 is 23.6 Å². The van der Waals surface area contributed by atoms with Gasteiger partial charge in [0.15, 0.2) is 6.23 Å². The van der Waals surface area contributed by atoms with Crippen molar-refractivity contribution < 1.29 is 37.0 Å².